The number of benzene rings is 2. The zero-order chi connectivity index (χ0) is 18.6. The fourth-order valence-electron chi connectivity index (χ4n) is 2.96. The Bertz CT molecular complexity index is 641. The molecule has 0 bridgehead atoms. The van der Waals surface area contributed by atoms with Crippen molar-refractivity contribution in [2.45, 2.75) is 70.6 Å². The van der Waals surface area contributed by atoms with Crippen molar-refractivity contribution in [1.29, 1.82) is 0 Å². The Labute approximate surface area is 163 Å². The number of rotatable bonds is 13. The molecule has 1 unspecified atom stereocenters. The topological polar surface area (TPSA) is 18.5 Å². The Balaban J connectivity index is 1.78. The van der Waals surface area contributed by atoms with Crippen LogP contribution in [0.3, 0.4) is 0 Å². The van der Waals surface area contributed by atoms with Crippen LogP contribution in [-0.4, -0.2) is 18.6 Å². The van der Waals surface area contributed by atoms with E-state index in [9.17, 15) is 0 Å². The molecule has 0 fully saturated rings. The fourth-order valence-corrected chi connectivity index (χ4v) is 3.12. The molecule has 0 heterocycles. The largest absolute Gasteiger partial charge is 0.494 e. The third kappa shape index (κ3) is 7.45. The summed E-state index contributed by atoms with van der Waals surface area (Å²) < 4.78 is 11.8. The minimum atomic E-state index is 0.304. The summed E-state index contributed by atoms with van der Waals surface area (Å²) in [6.07, 6.45) is 9.19. The van der Waals surface area contributed by atoms with E-state index in [2.05, 4.69) is 44.2 Å². The van der Waals surface area contributed by atoms with E-state index < -0.39 is 0 Å². The smallest absolute Gasteiger partial charge is 0.119 e. The second-order valence-corrected chi connectivity index (χ2v) is 7.55. The van der Waals surface area contributed by atoms with Crippen LogP contribution in [-0.2, 0) is 0 Å². The third-order valence-corrected chi connectivity index (χ3v) is 5.20. The van der Waals surface area contributed by atoms with Gasteiger partial charge in [-0.25, -0.2) is 0 Å². The van der Waals surface area contributed by atoms with Gasteiger partial charge in [0.05, 0.1) is 13.2 Å². The number of ether oxygens (including phenoxy) is 2. The van der Waals surface area contributed by atoms with Crippen molar-refractivity contribution < 1.29 is 9.47 Å². The van der Waals surface area contributed by atoms with Crippen LogP contribution >= 0.6 is 11.6 Å². The van der Waals surface area contributed by atoms with Crippen molar-refractivity contribution in [3.63, 3.8) is 0 Å². The predicted molar refractivity (Wildman–Crippen MR) is 113 cm³/mol. The Morgan fingerprint density at radius 3 is 1.88 bits per heavy atom. The summed E-state index contributed by atoms with van der Waals surface area (Å²) in [7, 11) is 0. The highest BCUT2D eigenvalue weighted by atomic mass is 35.5. The van der Waals surface area contributed by atoms with Crippen molar-refractivity contribution in [1.82, 2.24) is 0 Å². The average molecular weight is 377 g/mol. The number of unbranched alkanes of at least 4 members (excludes halogenated alkanes) is 4. The normalized spacial score (nSPS) is 12.3. The van der Waals surface area contributed by atoms with Crippen molar-refractivity contribution in [2.24, 2.45) is 0 Å². The minimum absolute atomic E-state index is 0.304. The summed E-state index contributed by atoms with van der Waals surface area (Å²) >= 11 is 6.14. The maximum Gasteiger partial charge on any atom is 0.119 e. The summed E-state index contributed by atoms with van der Waals surface area (Å²) in [5, 5.41) is 2.68. The minimum Gasteiger partial charge on any atom is -0.494 e. The van der Waals surface area contributed by atoms with Crippen LogP contribution in [0.5, 0.6) is 11.5 Å². The van der Waals surface area contributed by atoms with Gasteiger partial charge < -0.3 is 9.47 Å². The molecule has 2 aromatic rings. The van der Waals surface area contributed by atoms with E-state index in [0.29, 0.717) is 5.38 Å². The van der Waals surface area contributed by atoms with Gasteiger partial charge in [0.15, 0.2) is 0 Å². The molecular weight excluding hydrogens is 344 g/mol. The molecule has 0 N–H and O–H groups in total. The van der Waals surface area contributed by atoms with Crippen molar-refractivity contribution in [3.8, 4) is 11.5 Å². The predicted octanol–water partition coefficient (Wildman–Crippen LogP) is 7.37. The molecule has 0 aliphatic carbocycles. The maximum absolute atomic E-state index is 6.14. The number of halogens is 1. The lowest BCUT2D eigenvalue weighted by Crippen LogP contribution is -2.00. The Morgan fingerprint density at radius 2 is 1.35 bits per heavy atom. The molecule has 144 valence electrons. The van der Waals surface area contributed by atoms with Gasteiger partial charge in [-0.3, -0.25) is 0 Å². The fraction of sp³-hybridized carbons (Fsp3) is 0.565. The van der Waals surface area contributed by atoms with Crippen LogP contribution in [0.2, 0.25) is 0 Å². The van der Waals surface area contributed by atoms with Gasteiger partial charge in [-0.1, -0.05) is 45.2 Å². The molecule has 0 saturated heterocycles. The number of hydrogen-bond acceptors (Lipinski definition) is 2. The standard InChI is InChI=1S/C23H33ClO2/c1-3-5-6-8-15-25-22-13-11-20-18-23(14-12-19(20)17-22)26-16-9-7-10-21(24)4-2/h11-14,17-18,21H,3-10,15-16H2,1-2H3. The van der Waals surface area contributed by atoms with E-state index in [1.54, 1.807) is 0 Å². The van der Waals surface area contributed by atoms with Gasteiger partial charge >= 0.3 is 0 Å². The molecule has 0 amide bonds. The molecule has 0 radical (unpaired) electrons. The van der Waals surface area contributed by atoms with Gasteiger partial charge in [0.1, 0.15) is 11.5 Å². The summed E-state index contributed by atoms with van der Waals surface area (Å²) in [5.74, 6) is 1.89. The molecular formula is C23H33ClO2. The molecule has 2 nitrogen and oxygen atoms in total. The average Bonchev–Trinajstić information content (AvgIpc) is 2.67. The van der Waals surface area contributed by atoms with Gasteiger partial charge in [0.25, 0.3) is 0 Å². The second kappa shape index (κ2) is 12.1. The number of hydrogen-bond donors (Lipinski definition) is 0. The van der Waals surface area contributed by atoms with Crippen molar-refractivity contribution in [2.75, 3.05) is 13.2 Å². The summed E-state index contributed by atoms with van der Waals surface area (Å²) in [6, 6.07) is 12.5. The van der Waals surface area contributed by atoms with Crippen molar-refractivity contribution in [3.05, 3.63) is 36.4 Å². The maximum atomic E-state index is 6.14. The van der Waals surface area contributed by atoms with Crippen LogP contribution < -0.4 is 9.47 Å². The first-order chi connectivity index (χ1) is 12.7. The highest BCUT2D eigenvalue weighted by Gasteiger charge is 2.03. The molecule has 0 aliphatic rings. The summed E-state index contributed by atoms with van der Waals surface area (Å²) in [5.41, 5.74) is 0. The Hall–Kier alpha value is -1.41. The van der Waals surface area contributed by atoms with E-state index in [1.165, 1.54) is 30.0 Å². The molecule has 26 heavy (non-hydrogen) atoms. The van der Waals surface area contributed by atoms with Crippen LogP contribution in [0.4, 0.5) is 0 Å². The molecule has 1 atom stereocenters. The lowest BCUT2D eigenvalue weighted by molar-refractivity contribution is 0.304. The Kier molecular flexibility index (Phi) is 9.70. The molecule has 2 aromatic carbocycles. The van der Waals surface area contributed by atoms with Gasteiger partial charge in [-0.05, 0) is 67.1 Å². The highest BCUT2D eigenvalue weighted by Crippen LogP contribution is 2.25. The van der Waals surface area contributed by atoms with Crippen LogP contribution in [0.25, 0.3) is 10.8 Å². The summed E-state index contributed by atoms with van der Waals surface area (Å²) in [6.45, 7) is 5.90. The van der Waals surface area contributed by atoms with E-state index in [4.69, 9.17) is 21.1 Å². The van der Waals surface area contributed by atoms with E-state index in [-0.39, 0.29) is 0 Å². The van der Waals surface area contributed by atoms with Gasteiger partial charge in [0.2, 0.25) is 0 Å². The molecule has 0 aromatic heterocycles. The quantitative estimate of drug-likeness (QED) is 0.268. The van der Waals surface area contributed by atoms with Crippen LogP contribution in [0.1, 0.15) is 65.2 Å². The zero-order valence-electron chi connectivity index (χ0n) is 16.3. The SMILES string of the molecule is CCCCCCOc1ccc2cc(OCCCCC(Cl)CC)ccc2c1. The molecule has 0 saturated carbocycles. The van der Waals surface area contributed by atoms with Gasteiger partial charge in [-0.15, -0.1) is 11.6 Å². The van der Waals surface area contributed by atoms with Gasteiger partial charge in [0, 0.05) is 5.38 Å². The van der Waals surface area contributed by atoms with E-state index >= 15 is 0 Å². The van der Waals surface area contributed by atoms with Crippen LogP contribution in [0.15, 0.2) is 36.4 Å². The molecule has 0 aliphatic heterocycles. The first-order valence-electron chi connectivity index (χ1n) is 10.2. The third-order valence-electron chi connectivity index (χ3n) is 4.67. The monoisotopic (exact) mass is 376 g/mol. The first kappa shape index (κ1) is 20.9. The second-order valence-electron chi connectivity index (χ2n) is 6.93. The number of fused-ring (bicyclic) bond motifs is 1. The Morgan fingerprint density at radius 1 is 0.769 bits per heavy atom. The number of alkyl halides is 1. The molecule has 3 heteroatoms. The molecule has 0 spiro atoms. The lowest BCUT2D eigenvalue weighted by Gasteiger charge is -2.10. The van der Waals surface area contributed by atoms with Gasteiger partial charge in [-0.2, -0.15) is 0 Å². The van der Waals surface area contributed by atoms with E-state index in [1.807, 2.05) is 6.07 Å². The summed E-state index contributed by atoms with van der Waals surface area (Å²) in [4.78, 5) is 0. The zero-order valence-corrected chi connectivity index (χ0v) is 17.1. The van der Waals surface area contributed by atoms with Crippen molar-refractivity contribution >= 4 is 22.4 Å². The highest BCUT2D eigenvalue weighted by molar-refractivity contribution is 6.20. The first-order valence-corrected chi connectivity index (χ1v) is 10.6. The van der Waals surface area contributed by atoms with E-state index in [0.717, 1.165) is 56.8 Å². The lowest BCUT2D eigenvalue weighted by atomic mass is 10.1. The van der Waals surface area contributed by atoms with Crippen LogP contribution in [0, 0.1) is 0 Å². The molecule has 2 rings (SSSR count).